The standard InChI is InChI=1S/C19H19F3N4/c1-13-17(14(2)26(24-13)16-7-5-4-6-8-16)12-25(3)18-10-9-15(11-23-18)19(20,21)22/h4-11H,12H2,1-3H3/p+1. The summed E-state index contributed by atoms with van der Waals surface area (Å²) in [4.78, 5) is 4.59. The van der Waals surface area contributed by atoms with Gasteiger partial charge in [0.1, 0.15) is 12.7 Å². The molecule has 0 bridgehead atoms. The summed E-state index contributed by atoms with van der Waals surface area (Å²) < 4.78 is 40.0. The van der Waals surface area contributed by atoms with Crippen LogP contribution in [-0.2, 0) is 12.7 Å². The second-order valence-electron chi connectivity index (χ2n) is 6.21. The molecule has 0 saturated heterocycles. The Kier molecular flexibility index (Phi) is 4.71. The van der Waals surface area contributed by atoms with Gasteiger partial charge in [-0.05, 0) is 32.0 Å². The quantitative estimate of drug-likeness (QED) is 0.705. The van der Waals surface area contributed by atoms with Crippen molar-refractivity contribution in [2.75, 3.05) is 11.9 Å². The summed E-state index contributed by atoms with van der Waals surface area (Å²) >= 11 is 0. The number of benzene rings is 1. The second kappa shape index (κ2) is 6.82. The predicted molar refractivity (Wildman–Crippen MR) is 93.1 cm³/mol. The summed E-state index contributed by atoms with van der Waals surface area (Å²) in [7, 11) is 1.83. The molecular formula is C19H20F3N4+. The van der Waals surface area contributed by atoms with Crippen LogP contribution in [0.5, 0.6) is 0 Å². The van der Waals surface area contributed by atoms with Crippen molar-refractivity contribution in [1.29, 1.82) is 0 Å². The van der Waals surface area contributed by atoms with Gasteiger partial charge >= 0.3 is 6.18 Å². The van der Waals surface area contributed by atoms with Gasteiger partial charge in [0.05, 0.1) is 24.0 Å². The molecule has 2 heterocycles. The van der Waals surface area contributed by atoms with E-state index < -0.39 is 11.7 Å². The zero-order chi connectivity index (χ0) is 18.9. The van der Waals surface area contributed by atoms with Crippen molar-refractivity contribution < 1.29 is 18.2 Å². The van der Waals surface area contributed by atoms with Gasteiger partial charge in [-0.3, -0.25) is 4.90 Å². The van der Waals surface area contributed by atoms with Gasteiger partial charge in [-0.2, -0.15) is 18.3 Å². The monoisotopic (exact) mass is 361 g/mol. The smallest absolute Gasteiger partial charge is 0.260 e. The molecule has 2 aromatic heterocycles. The molecule has 3 rings (SSSR count). The van der Waals surface area contributed by atoms with E-state index in [0.29, 0.717) is 12.4 Å². The molecule has 136 valence electrons. The van der Waals surface area contributed by atoms with Crippen molar-refractivity contribution >= 4 is 5.82 Å². The van der Waals surface area contributed by atoms with Crippen LogP contribution in [0.1, 0.15) is 22.5 Å². The van der Waals surface area contributed by atoms with E-state index in [2.05, 4.69) is 10.1 Å². The number of rotatable bonds is 4. The molecule has 3 aromatic rings. The lowest BCUT2D eigenvalue weighted by Gasteiger charge is -2.12. The maximum Gasteiger partial charge on any atom is 0.419 e. The fourth-order valence-corrected chi connectivity index (χ4v) is 2.88. The molecule has 0 atom stereocenters. The minimum Gasteiger partial charge on any atom is -0.260 e. The van der Waals surface area contributed by atoms with Crippen molar-refractivity contribution in [3.05, 3.63) is 71.2 Å². The maximum absolute atomic E-state index is 12.7. The number of aromatic amines is 1. The van der Waals surface area contributed by atoms with E-state index >= 15 is 0 Å². The van der Waals surface area contributed by atoms with Crippen molar-refractivity contribution in [3.63, 3.8) is 0 Å². The number of alkyl halides is 3. The van der Waals surface area contributed by atoms with E-state index in [9.17, 15) is 13.2 Å². The molecule has 0 saturated carbocycles. The first-order valence-electron chi connectivity index (χ1n) is 8.18. The molecule has 1 aromatic carbocycles. The Bertz CT molecular complexity index is 884. The summed E-state index contributed by atoms with van der Waals surface area (Å²) in [5.41, 5.74) is 3.23. The number of para-hydroxylation sites is 1. The van der Waals surface area contributed by atoms with Gasteiger partial charge in [0.15, 0.2) is 0 Å². The zero-order valence-electron chi connectivity index (χ0n) is 14.8. The summed E-state index contributed by atoms with van der Waals surface area (Å²) in [6.45, 7) is 4.46. The fraction of sp³-hybridized carbons (Fsp3) is 0.263. The first kappa shape index (κ1) is 18.0. The van der Waals surface area contributed by atoms with E-state index in [4.69, 9.17) is 0 Å². The molecule has 0 aliphatic carbocycles. The molecule has 0 amide bonds. The van der Waals surface area contributed by atoms with E-state index in [1.165, 1.54) is 6.07 Å². The molecule has 7 heteroatoms. The average Bonchev–Trinajstić information content (AvgIpc) is 2.90. The van der Waals surface area contributed by atoms with E-state index in [1.807, 2.05) is 60.8 Å². The lowest BCUT2D eigenvalue weighted by molar-refractivity contribution is -0.367. The lowest BCUT2D eigenvalue weighted by Crippen LogP contribution is -2.25. The van der Waals surface area contributed by atoms with Crippen LogP contribution in [0.2, 0.25) is 0 Å². The van der Waals surface area contributed by atoms with Gasteiger partial charge in [0.25, 0.3) is 5.82 Å². The highest BCUT2D eigenvalue weighted by Gasteiger charge is 2.32. The van der Waals surface area contributed by atoms with Crippen LogP contribution >= 0.6 is 0 Å². The highest BCUT2D eigenvalue weighted by atomic mass is 19.4. The summed E-state index contributed by atoms with van der Waals surface area (Å²) in [5.74, 6) is 0.601. The topological polar surface area (TPSA) is 35.2 Å². The Hall–Kier alpha value is -2.83. The largest absolute Gasteiger partial charge is 0.419 e. The van der Waals surface area contributed by atoms with Gasteiger partial charge in [0, 0.05) is 17.3 Å². The average molecular weight is 361 g/mol. The molecule has 26 heavy (non-hydrogen) atoms. The van der Waals surface area contributed by atoms with Crippen LogP contribution < -0.4 is 9.88 Å². The molecule has 0 aliphatic heterocycles. The molecule has 0 radical (unpaired) electrons. The third-order valence-corrected chi connectivity index (χ3v) is 4.37. The van der Waals surface area contributed by atoms with E-state index in [1.54, 1.807) is 0 Å². The molecule has 0 unspecified atom stereocenters. The van der Waals surface area contributed by atoms with Gasteiger partial charge in [-0.25, -0.2) is 9.67 Å². The Labute approximate surface area is 149 Å². The minimum absolute atomic E-state index is 0.534. The van der Waals surface area contributed by atoms with Crippen LogP contribution in [0.3, 0.4) is 0 Å². The summed E-state index contributed by atoms with van der Waals surface area (Å²) in [5, 5.41) is 4.60. The summed E-state index contributed by atoms with van der Waals surface area (Å²) in [6.07, 6.45) is -3.36. The van der Waals surface area contributed by atoms with E-state index in [0.717, 1.165) is 34.9 Å². The SMILES string of the molecule is Cc1nn(-c2ccccc2)c(C)c1CN(C)c1ccc(C(F)(F)F)c[nH+]1. The van der Waals surface area contributed by atoms with Crippen molar-refractivity contribution in [2.24, 2.45) is 0 Å². The number of H-pyrrole nitrogens is 1. The van der Waals surface area contributed by atoms with Crippen molar-refractivity contribution in [3.8, 4) is 5.69 Å². The number of hydrogen-bond acceptors (Lipinski definition) is 2. The highest BCUT2D eigenvalue weighted by Crippen LogP contribution is 2.28. The van der Waals surface area contributed by atoms with Crippen LogP contribution in [-0.4, -0.2) is 16.8 Å². The minimum atomic E-state index is -4.35. The van der Waals surface area contributed by atoms with Crippen molar-refractivity contribution in [1.82, 2.24) is 9.78 Å². The van der Waals surface area contributed by atoms with Crippen LogP contribution in [0.25, 0.3) is 5.69 Å². The zero-order valence-corrected chi connectivity index (χ0v) is 14.8. The number of nitrogens with zero attached hydrogens (tertiary/aromatic N) is 3. The Morgan fingerprint density at radius 2 is 1.77 bits per heavy atom. The van der Waals surface area contributed by atoms with Crippen LogP contribution in [0.15, 0.2) is 48.7 Å². The highest BCUT2D eigenvalue weighted by molar-refractivity contribution is 5.40. The molecule has 0 aliphatic rings. The van der Waals surface area contributed by atoms with Crippen molar-refractivity contribution in [2.45, 2.75) is 26.6 Å². The third-order valence-electron chi connectivity index (χ3n) is 4.37. The summed E-state index contributed by atoms with van der Waals surface area (Å²) in [6, 6.07) is 12.3. The number of anilines is 1. The predicted octanol–water partition coefficient (Wildman–Crippen LogP) is 3.96. The van der Waals surface area contributed by atoms with E-state index in [-0.39, 0.29) is 0 Å². The molecule has 1 N–H and O–H groups in total. The number of aryl methyl sites for hydroxylation is 1. The third kappa shape index (κ3) is 3.56. The lowest BCUT2D eigenvalue weighted by atomic mass is 10.2. The van der Waals surface area contributed by atoms with Crippen LogP contribution in [0, 0.1) is 13.8 Å². The Morgan fingerprint density at radius 1 is 1.08 bits per heavy atom. The van der Waals surface area contributed by atoms with Crippen LogP contribution in [0.4, 0.5) is 19.0 Å². The van der Waals surface area contributed by atoms with Gasteiger partial charge in [-0.1, -0.05) is 18.2 Å². The maximum atomic E-state index is 12.7. The number of nitrogens with one attached hydrogen (secondary N) is 1. The van der Waals surface area contributed by atoms with Gasteiger partial charge in [0.2, 0.25) is 0 Å². The number of halogens is 3. The van der Waals surface area contributed by atoms with Gasteiger partial charge in [-0.15, -0.1) is 0 Å². The first-order chi connectivity index (χ1) is 12.3. The number of pyridine rings is 1. The Balaban J connectivity index is 1.84. The number of aromatic nitrogens is 3. The first-order valence-corrected chi connectivity index (χ1v) is 8.18. The fourth-order valence-electron chi connectivity index (χ4n) is 2.88. The Morgan fingerprint density at radius 3 is 2.35 bits per heavy atom. The van der Waals surface area contributed by atoms with Gasteiger partial charge < -0.3 is 0 Å². The molecular weight excluding hydrogens is 341 g/mol. The molecule has 0 fully saturated rings. The number of hydrogen-bond donors (Lipinski definition) is 0. The second-order valence-corrected chi connectivity index (χ2v) is 6.21. The normalized spacial score (nSPS) is 11.6. The molecule has 4 nitrogen and oxygen atoms in total. The molecule has 0 spiro atoms.